The van der Waals surface area contributed by atoms with Gasteiger partial charge in [-0.25, -0.2) is 22.4 Å². The Hall–Kier alpha value is -3.21. The van der Waals surface area contributed by atoms with Crippen LogP contribution in [0.2, 0.25) is 0 Å². The van der Waals surface area contributed by atoms with Crippen LogP contribution >= 0.6 is 0 Å². The summed E-state index contributed by atoms with van der Waals surface area (Å²) in [4.78, 5) is 70.8. The van der Waals surface area contributed by atoms with E-state index in [2.05, 4.69) is 15.4 Å². The summed E-state index contributed by atoms with van der Waals surface area (Å²) in [5, 5.41) is 4.79. The molecule has 2 saturated carbocycles. The number of carbonyl (C=O) groups excluding carboxylic acids is 5. The maximum absolute atomic E-state index is 14.4. The van der Waals surface area contributed by atoms with Gasteiger partial charge in [-0.1, -0.05) is 37.1 Å². The predicted octanol–water partition coefficient (Wildman–Crippen LogP) is 2.76. The molecule has 3 aliphatic heterocycles. The Labute approximate surface area is 325 Å². The van der Waals surface area contributed by atoms with Crippen LogP contribution in [0.25, 0.3) is 0 Å². The number of allylic oxidation sites excluding steroid dienone is 1. The third-order valence-electron chi connectivity index (χ3n) is 9.99. The second-order valence-corrected chi connectivity index (χ2v) is 17.2. The second-order valence-electron chi connectivity index (χ2n) is 15.2. The van der Waals surface area contributed by atoms with Gasteiger partial charge in [0.1, 0.15) is 35.1 Å². The Balaban J connectivity index is 0.00000523. The summed E-state index contributed by atoms with van der Waals surface area (Å²) in [6.07, 6.45) is 5.10. The van der Waals surface area contributed by atoms with Crippen molar-refractivity contribution in [1.82, 2.24) is 25.2 Å². The summed E-state index contributed by atoms with van der Waals surface area (Å²) in [5.74, 6) is -3.06. The average molecular weight is 755 g/mol. The van der Waals surface area contributed by atoms with E-state index < -0.39 is 86.2 Å². The molecule has 3 heterocycles. The Morgan fingerprint density at radius 1 is 1.06 bits per heavy atom. The maximum Gasteiger partial charge on any atom is 0.410 e. The standard InChI is InChI=1S/C35H46FN5O9S.Na/c1-34(2,3)50-32(45)37-27-13-8-6-4-5-7-11-22-17-35(22,31(44)39-51(47,48)24-14-15-24)38-29(42)28-16-23(19-41(28)30(27)43)49-33(46)40-18-21-10-9-12-26(36)25(21)20-40;/h7,9-12,22-24,27-28H,4-6,8,13-20H2,1-3H3,(H,37,45)(H,38,42)(H,39,44);/b11-7-;/t22-,23+,27-,28-,35+;/m0./s1. The maximum atomic E-state index is 14.4. The van der Waals surface area contributed by atoms with Crippen molar-refractivity contribution in [3.63, 3.8) is 0 Å². The van der Waals surface area contributed by atoms with E-state index in [1.54, 1.807) is 32.9 Å². The van der Waals surface area contributed by atoms with Crippen molar-refractivity contribution in [2.24, 2.45) is 5.92 Å². The van der Waals surface area contributed by atoms with Gasteiger partial charge in [0, 0.05) is 54.0 Å². The summed E-state index contributed by atoms with van der Waals surface area (Å²) in [5.41, 5.74) is -1.36. The number of carbonyl (C=O) groups is 5. The zero-order valence-corrected chi connectivity index (χ0v) is 32.9. The molecule has 3 fully saturated rings. The first-order valence-corrected chi connectivity index (χ1v) is 19.2. The number of hydrogen-bond donors (Lipinski definition) is 3. The topological polar surface area (TPSA) is 181 Å². The van der Waals surface area contributed by atoms with E-state index in [0.29, 0.717) is 36.8 Å². The van der Waals surface area contributed by atoms with Gasteiger partial charge in [-0.15, -0.1) is 0 Å². The van der Waals surface area contributed by atoms with Crippen molar-refractivity contribution >= 4 is 69.5 Å². The Kier molecular flexibility index (Phi) is 12.0. The molecule has 5 aliphatic rings. The molecule has 1 aromatic carbocycles. The monoisotopic (exact) mass is 754 g/mol. The summed E-state index contributed by atoms with van der Waals surface area (Å²) in [6.45, 7) is 5.01. The van der Waals surface area contributed by atoms with Crippen LogP contribution < -0.4 is 15.4 Å². The van der Waals surface area contributed by atoms with Crippen LogP contribution in [0.5, 0.6) is 0 Å². The van der Waals surface area contributed by atoms with Gasteiger partial charge in [0.2, 0.25) is 21.8 Å². The van der Waals surface area contributed by atoms with E-state index in [-0.39, 0.29) is 68.5 Å². The van der Waals surface area contributed by atoms with Crippen molar-refractivity contribution in [3.05, 3.63) is 47.3 Å². The number of hydrogen-bond acceptors (Lipinski definition) is 9. The van der Waals surface area contributed by atoms with Crippen molar-refractivity contribution < 1.29 is 46.3 Å². The fourth-order valence-electron chi connectivity index (χ4n) is 7.02. The molecule has 14 nitrogen and oxygen atoms in total. The number of amides is 5. The van der Waals surface area contributed by atoms with Gasteiger partial charge in [0.25, 0.3) is 5.91 Å². The molecule has 3 N–H and O–H groups in total. The summed E-state index contributed by atoms with van der Waals surface area (Å²) >= 11 is 0. The number of nitrogens with one attached hydrogen (secondary N) is 3. The number of nitrogens with zero attached hydrogens (tertiary/aromatic N) is 2. The normalized spacial score (nSPS) is 28.4. The van der Waals surface area contributed by atoms with E-state index >= 15 is 0 Å². The quantitative estimate of drug-likeness (QED) is 0.301. The molecule has 5 atom stereocenters. The predicted molar refractivity (Wildman–Crippen MR) is 186 cm³/mol. The molecular formula is C35H46FN5NaO9S. The molecule has 2 aliphatic carbocycles. The van der Waals surface area contributed by atoms with Gasteiger partial charge in [-0.3, -0.25) is 24.0 Å². The molecule has 0 aromatic heterocycles. The summed E-state index contributed by atoms with van der Waals surface area (Å²) in [6, 6.07) is 2.30. The SMILES string of the molecule is CC(C)(C)OC(=O)N[C@H]1CCCCC/C=C\[C@H]2C[C@@]2(C(=O)NS(=O)(=O)C2CC2)NC(=O)[C@@H]2C[C@@H](OC(=O)N3Cc4cccc(F)c4C3)CN2C1=O.[Na]. The van der Waals surface area contributed by atoms with Crippen molar-refractivity contribution in [3.8, 4) is 0 Å². The van der Waals surface area contributed by atoms with Gasteiger partial charge in [0.15, 0.2) is 0 Å². The largest absolute Gasteiger partial charge is 0.444 e. The first-order chi connectivity index (χ1) is 24.1. The van der Waals surface area contributed by atoms with E-state index in [1.807, 2.05) is 12.2 Å². The van der Waals surface area contributed by atoms with Crippen LogP contribution in [0, 0.1) is 11.7 Å². The first-order valence-electron chi connectivity index (χ1n) is 17.6. The number of rotatable bonds is 5. The molecule has 0 bridgehead atoms. The molecule has 0 unspecified atom stereocenters. The number of alkyl carbamates (subject to hydrolysis) is 1. The Morgan fingerprint density at radius 3 is 2.50 bits per heavy atom. The molecule has 1 aromatic rings. The van der Waals surface area contributed by atoms with Gasteiger partial charge < -0.3 is 25.0 Å². The van der Waals surface area contributed by atoms with Crippen LogP contribution in [-0.2, 0) is 47.0 Å². The molecule has 6 rings (SSSR count). The average Bonchev–Trinajstić information content (AvgIpc) is 3.93. The fourth-order valence-corrected chi connectivity index (χ4v) is 8.39. The van der Waals surface area contributed by atoms with Crippen LogP contribution in [-0.4, -0.2) is 119 Å². The number of benzene rings is 1. The van der Waals surface area contributed by atoms with E-state index in [0.717, 1.165) is 12.8 Å². The zero-order valence-electron chi connectivity index (χ0n) is 30.1. The fraction of sp³-hybridized carbons (Fsp3) is 0.629. The van der Waals surface area contributed by atoms with Crippen LogP contribution in [0.1, 0.15) is 89.7 Å². The van der Waals surface area contributed by atoms with E-state index in [1.165, 1.54) is 15.9 Å². The number of fused-ring (bicyclic) bond motifs is 3. The van der Waals surface area contributed by atoms with Gasteiger partial charge in [-0.2, -0.15) is 0 Å². The molecule has 17 heteroatoms. The Morgan fingerprint density at radius 2 is 1.81 bits per heavy atom. The number of halogens is 1. The smallest absolute Gasteiger partial charge is 0.410 e. The minimum atomic E-state index is -3.92. The van der Waals surface area contributed by atoms with Crippen molar-refractivity contribution in [2.45, 2.75) is 126 Å². The molecule has 5 amide bonds. The first kappa shape index (κ1) is 40.0. The van der Waals surface area contributed by atoms with Crippen LogP contribution in [0.4, 0.5) is 14.0 Å². The van der Waals surface area contributed by atoms with E-state index in [4.69, 9.17) is 9.47 Å². The minimum absolute atomic E-state index is 0. The molecule has 52 heavy (non-hydrogen) atoms. The molecular weight excluding hydrogens is 708 g/mol. The third kappa shape index (κ3) is 9.11. The molecule has 0 spiro atoms. The van der Waals surface area contributed by atoms with Gasteiger partial charge in [0.05, 0.1) is 18.3 Å². The number of ether oxygens (including phenoxy) is 2. The minimum Gasteiger partial charge on any atom is -0.444 e. The summed E-state index contributed by atoms with van der Waals surface area (Å²) < 4.78 is 53.3. The summed E-state index contributed by atoms with van der Waals surface area (Å²) in [7, 11) is -3.92. The molecule has 1 radical (unpaired) electrons. The van der Waals surface area contributed by atoms with Crippen LogP contribution in [0.15, 0.2) is 30.4 Å². The second kappa shape index (κ2) is 15.6. The van der Waals surface area contributed by atoms with Gasteiger partial charge >= 0.3 is 12.2 Å². The molecule has 279 valence electrons. The van der Waals surface area contributed by atoms with Gasteiger partial charge in [-0.05, 0) is 70.9 Å². The van der Waals surface area contributed by atoms with Crippen LogP contribution in [0.3, 0.4) is 0 Å². The molecule has 1 saturated heterocycles. The van der Waals surface area contributed by atoms with Crippen molar-refractivity contribution in [2.75, 3.05) is 6.54 Å². The third-order valence-corrected chi connectivity index (χ3v) is 11.8. The van der Waals surface area contributed by atoms with Crippen molar-refractivity contribution in [1.29, 1.82) is 0 Å². The Bertz CT molecular complexity index is 1730. The van der Waals surface area contributed by atoms with E-state index in [9.17, 15) is 36.8 Å². The zero-order chi connectivity index (χ0) is 36.7. The number of sulfonamides is 1.